The number of anilines is 1. The summed E-state index contributed by atoms with van der Waals surface area (Å²) >= 11 is 0. The number of aromatic hydroxyl groups is 1. The first-order chi connectivity index (χ1) is 11.2. The molecule has 6 heteroatoms. The first-order valence-electron chi connectivity index (χ1n) is 6.94. The van der Waals surface area contributed by atoms with E-state index in [1.165, 1.54) is 12.3 Å². The second-order valence-corrected chi connectivity index (χ2v) is 4.69. The van der Waals surface area contributed by atoms with Gasteiger partial charge in [-0.25, -0.2) is 4.98 Å². The van der Waals surface area contributed by atoms with Gasteiger partial charge in [-0.05, 0) is 36.4 Å². The lowest BCUT2D eigenvalue weighted by Gasteiger charge is -2.04. The minimum absolute atomic E-state index is 0.0796. The third-order valence-corrected chi connectivity index (χ3v) is 3.03. The van der Waals surface area contributed by atoms with Crippen molar-refractivity contribution in [2.45, 2.75) is 6.61 Å². The summed E-state index contributed by atoms with van der Waals surface area (Å²) in [6.45, 7) is 0.214. The summed E-state index contributed by atoms with van der Waals surface area (Å²) in [5.74, 6) is 0.820. The van der Waals surface area contributed by atoms with Crippen LogP contribution < -0.4 is 10.1 Å². The number of carbonyl (C=O) groups excluding carboxylic acids is 1. The molecule has 0 saturated carbocycles. The number of ether oxygens (including phenoxy) is 1. The van der Waals surface area contributed by atoms with Gasteiger partial charge >= 0.3 is 0 Å². The van der Waals surface area contributed by atoms with Crippen molar-refractivity contribution in [1.82, 2.24) is 4.98 Å². The Bertz CT molecular complexity index is 799. The van der Waals surface area contributed by atoms with Crippen molar-refractivity contribution in [3.8, 4) is 11.5 Å². The predicted molar refractivity (Wildman–Crippen MR) is 83.3 cm³/mol. The highest BCUT2D eigenvalue weighted by Crippen LogP contribution is 2.20. The topological polar surface area (TPSA) is 84.6 Å². The van der Waals surface area contributed by atoms with Gasteiger partial charge in [0, 0.05) is 6.20 Å². The van der Waals surface area contributed by atoms with Crippen LogP contribution in [0.15, 0.2) is 65.2 Å². The molecular formula is C17H14N2O4. The molecular weight excluding hydrogens is 296 g/mol. The zero-order valence-corrected chi connectivity index (χ0v) is 12.1. The van der Waals surface area contributed by atoms with Crippen LogP contribution in [0.1, 0.15) is 16.3 Å². The van der Waals surface area contributed by atoms with Crippen LogP contribution in [0.2, 0.25) is 0 Å². The van der Waals surface area contributed by atoms with Crippen molar-refractivity contribution in [3.05, 3.63) is 72.3 Å². The molecule has 0 aliphatic heterocycles. The lowest BCUT2D eigenvalue weighted by molar-refractivity contribution is 0.0991. The standard InChI is InChI=1S/C17H14N2O4/c20-14-7-4-10-18-16(14)19-17(21)15-9-8-13(23-15)11-22-12-5-2-1-3-6-12/h1-10,20H,11H2,(H,18,19,21). The molecule has 2 aromatic heterocycles. The Morgan fingerprint density at radius 3 is 2.74 bits per heavy atom. The summed E-state index contributed by atoms with van der Waals surface area (Å²) in [6.07, 6.45) is 1.47. The average molecular weight is 310 g/mol. The zero-order chi connectivity index (χ0) is 16.1. The molecule has 0 bridgehead atoms. The molecule has 2 N–H and O–H groups in total. The summed E-state index contributed by atoms with van der Waals surface area (Å²) in [7, 11) is 0. The number of nitrogens with one attached hydrogen (secondary N) is 1. The molecule has 3 rings (SSSR count). The molecule has 0 saturated heterocycles. The van der Waals surface area contributed by atoms with Crippen molar-refractivity contribution < 1.29 is 19.1 Å². The highest BCUT2D eigenvalue weighted by Gasteiger charge is 2.14. The van der Waals surface area contributed by atoms with Gasteiger partial charge in [0.1, 0.15) is 18.1 Å². The van der Waals surface area contributed by atoms with Crippen LogP contribution in [0.5, 0.6) is 11.5 Å². The van der Waals surface area contributed by atoms with Crippen LogP contribution in [-0.4, -0.2) is 16.0 Å². The summed E-state index contributed by atoms with van der Waals surface area (Å²) < 4.78 is 11.0. The van der Waals surface area contributed by atoms with E-state index in [9.17, 15) is 9.90 Å². The molecule has 0 radical (unpaired) electrons. The van der Waals surface area contributed by atoms with Crippen molar-refractivity contribution in [3.63, 3.8) is 0 Å². The Balaban J connectivity index is 1.62. The van der Waals surface area contributed by atoms with Gasteiger partial charge in [0.05, 0.1) is 0 Å². The number of benzene rings is 1. The summed E-state index contributed by atoms with van der Waals surface area (Å²) in [5, 5.41) is 12.1. The molecule has 0 atom stereocenters. The maximum Gasteiger partial charge on any atom is 0.292 e. The maximum atomic E-state index is 12.1. The fourth-order valence-corrected chi connectivity index (χ4v) is 1.91. The molecule has 6 nitrogen and oxygen atoms in total. The smallest absolute Gasteiger partial charge is 0.292 e. The number of aromatic nitrogens is 1. The zero-order valence-electron chi connectivity index (χ0n) is 12.1. The number of nitrogens with zero attached hydrogens (tertiary/aromatic N) is 1. The van der Waals surface area contributed by atoms with Gasteiger partial charge in [0.25, 0.3) is 5.91 Å². The quantitative estimate of drug-likeness (QED) is 0.756. The largest absolute Gasteiger partial charge is 0.504 e. The van der Waals surface area contributed by atoms with Gasteiger partial charge in [-0.2, -0.15) is 0 Å². The normalized spacial score (nSPS) is 10.3. The number of furan rings is 1. The Hall–Kier alpha value is -3.28. The fourth-order valence-electron chi connectivity index (χ4n) is 1.91. The molecule has 2 heterocycles. The molecule has 0 fully saturated rings. The Labute approximate surface area is 132 Å². The van der Waals surface area contributed by atoms with Gasteiger partial charge in [-0.3, -0.25) is 4.79 Å². The Kier molecular flexibility index (Phi) is 4.24. The predicted octanol–water partition coefficient (Wildman–Crippen LogP) is 3.21. The van der Waals surface area contributed by atoms with Crippen molar-refractivity contribution in [2.24, 2.45) is 0 Å². The summed E-state index contributed by atoms with van der Waals surface area (Å²) in [5.41, 5.74) is 0. The maximum absolute atomic E-state index is 12.1. The number of pyridine rings is 1. The van der Waals surface area contributed by atoms with E-state index in [4.69, 9.17) is 9.15 Å². The first kappa shape index (κ1) is 14.6. The Morgan fingerprint density at radius 1 is 1.13 bits per heavy atom. The highest BCUT2D eigenvalue weighted by atomic mass is 16.5. The summed E-state index contributed by atoms with van der Waals surface area (Å²) in [6, 6.07) is 15.5. The van der Waals surface area contributed by atoms with E-state index >= 15 is 0 Å². The number of para-hydroxylation sites is 1. The van der Waals surface area contributed by atoms with E-state index in [1.54, 1.807) is 18.2 Å². The van der Waals surface area contributed by atoms with Gasteiger partial charge in [-0.1, -0.05) is 18.2 Å². The molecule has 0 unspecified atom stereocenters. The van der Waals surface area contributed by atoms with Crippen LogP contribution >= 0.6 is 0 Å². The molecule has 0 aliphatic carbocycles. The minimum atomic E-state index is -0.495. The van der Waals surface area contributed by atoms with Crippen molar-refractivity contribution in [2.75, 3.05) is 5.32 Å². The molecule has 0 spiro atoms. The van der Waals surface area contributed by atoms with Gasteiger partial charge in [0.2, 0.25) is 0 Å². The lowest BCUT2D eigenvalue weighted by atomic mass is 10.3. The SMILES string of the molecule is O=C(Nc1ncccc1O)c1ccc(COc2ccccc2)o1. The first-order valence-corrected chi connectivity index (χ1v) is 6.94. The third-order valence-electron chi connectivity index (χ3n) is 3.03. The van der Waals surface area contributed by atoms with Crippen LogP contribution in [0.3, 0.4) is 0 Å². The van der Waals surface area contributed by atoms with Crippen molar-refractivity contribution in [1.29, 1.82) is 0 Å². The number of hydrogen-bond donors (Lipinski definition) is 2. The minimum Gasteiger partial charge on any atom is -0.504 e. The third kappa shape index (κ3) is 3.68. The molecule has 3 aromatic rings. The summed E-state index contributed by atoms with van der Waals surface area (Å²) in [4.78, 5) is 15.9. The fraction of sp³-hybridized carbons (Fsp3) is 0.0588. The van der Waals surface area contributed by atoms with Gasteiger partial charge < -0.3 is 19.6 Å². The van der Waals surface area contributed by atoms with Gasteiger partial charge in [-0.15, -0.1) is 0 Å². The molecule has 23 heavy (non-hydrogen) atoms. The van der Waals surface area contributed by atoms with E-state index in [0.717, 1.165) is 0 Å². The number of carbonyl (C=O) groups is 1. The van der Waals surface area contributed by atoms with E-state index in [-0.39, 0.29) is 23.9 Å². The molecule has 1 aromatic carbocycles. The van der Waals surface area contributed by atoms with Crippen LogP contribution in [0.4, 0.5) is 5.82 Å². The number of rotatable bonds is 5. The Morgan fingerprint density at radius 2 is 1.96 bits per heavy atom. The monoisotopic (exact) mass is 310 g/mol. The van der Waals surface area contributed by atoms with Crippen LogP contribution in [-0.2, 0) is 6.61 Å². The lowest BCUT2D eigenvalue weighted by Crippen LogP contribution is -2.12. The molecule has 0 aliphatic rings. The molecule has 116 valence electrons. The highest BCUT2D eigenvalue weighted by molar-refractivity contribution is 6.02. The number of amides is 1. The van der Waals surface area contributed by atoms with E-state index in [2.05, 4.69) is 10.3 Å². The molecule has 1 amide bonds. The van der Waals surface area contributed by atoms with Crippen molar-refractivity contribution >= 4 is 11.7 Å². The van der Waals surface area contributed by atoms with Crippen LogP contribution in [0, 0.1) is 0 Å². The van der Waals surface area contributed by atoms with Gasteiger partial charge in [0.15, 0.2) is 17.3 Å². The second-order valence-electron chi connectivity index (χ2n) is 4.69. The van der Waals surface area contributed by atoms with E-state index < -0.39 is 5.91 Å². The second kappa shape index (κ2) is 6.65. The average Bonchev–Trinajstić information content (AvgIpc) is 3.05. The number of hydrogen-bond acceptors (Lipinski definition) is 5. The van der Waals surface area contributed by atoms with E-state index in [0.29, 0.717) is 11.5 Å². The van der Waals surface area contributed by atoms with Crippen LogP contribution in [0.25, 0.3) is 0 Å². The van der Waals surface area contributed by atoms with E-state index in [1.807, 2.05) is 30.3 Å².